The zero-order valence-corrected chi connectivity index (χ0v) is 14.5. The molecular weight excluding hydrogens is 366 g/mol. The van der Waals surface area contributed by atoms with Gasteiger partial charge < -0.3 is 9.90 Å². The highest BCUT2D eigenvalue weighted by molar-refractivity contribution is 8.27. The second-order valence-corrected chi connectivity index (χ2v) is 6.98. The van der Waals surface area contributed by atoms with E-state index in [9.17, 15) is 14.7 Å². The van der Waals surface area contributed by atoms with Crippen molar-refractivity contribution in [3.63, 3.8) is 0 Å². The van der Waals surface area contributed by atoms with Crippen molar-refractivity contribution in [3.05, 3.63) is 69.6 Å². The largest absolute Gasteiger partial charge is 0.545 e. The van der Waals surface area contributed by atoms with E-state index in [1.54, 1.807) is 42.5 Å². The highest BCUT2D eigenvalue weighted by atomic mass is 35.5. The lowest BCUT2D eigenvalue weighted by molar-refractivity contribution is -0.255. The zero-order valence-electron chi connectivity index (χ0n) is 12.1. The molecule has 1 aliphatic heterocycles. The fraction of sp³-hybridized carbons (Fsp3) is 0. The lowest BCUT2D eigenvalue weighted by Crippen LogP contribution is -2.27. The molecule has 0 N–H and O–H groups in total. The molecule has 0 saturated carbocycles. The standard InChI is InChI=1S/C17H10ClNO3S2/c18-11-5-3-6-12(9-11)19-15(20)14(24-17(19)23)8-10-4-1-2-7-13(10)16(21)22/h1-9H,(H,21,22)/p-1/b14-8+. The number of rotatable bonds is 3. The topological polar surface area (TPSA) is 60.4 Å². The van der Waals surface area contributed by atoms with Gasteiger partial charge in [-0.2, -0.15) is 0 Å². The van der Waals surface area contributed by atoms with Crippen molar-refractivity contribution in [2.75, 3.05) is 4.90 Å². The van der Waals surface area contributed by atoms with Crippen molar-refractivity contribution in [1.82, 2.24) is 0 Å². The molecule has 2 aromatic carbocycles. The molecule has 1 aliphatic rings. The van der Waals surface area contributed by atoms with Crippen LogP contribution in [-0.2, 0) is 4.79 Å². The first kappa shape index (κ1) is 16.7. The Morgan fingerprint density at radius 3 is 2.67 bits per heavy atom. The van der Waals surface area contributed by atoms with Crippen LogP contribution in [0.15, 0.2) is 53.4 Å². The SMILES string of the molecule is O=C([O-])c1ccccc1/C=C1/SC(=S)N(c2cccc(Cl)c2)C1=O. The minimum absolute atomic E-state index is 0.0190. The smallest absolute Gasteiger partial charge is 0.270 e. The van der Waals surface area contributed by atoms with Gasteiger partial charge in [0.25, 0.3) is 5.91 Å². The first-order chi connectivity index (χ1) is 11.5. The van der Waals surface area contributed by atoms with Crippen LogP contribution in [-0.4, -0.2) is 16.2 Å². The summed E-state index contributed by atoms with van der Waals surface area (Å²) in [6.07, 6.45) is 1.51. The Morgan fingerprint density at radius 1 is 1.21 bits per heavy atom. The van der Waals surface area contributed by atoms with Gasteiger partial charge in [0.15, 0.2) is 4.32 Å². The van der Waals surface area contributed by atoms with Crippen LogP contribution in [0.3, 0.4) is 0 Å². The predicted octanol–water partition coefficient (Wildman–Crippen LogP) is 3.11. The number of carboxylic acids is 1. The Bertz CT molecular complexity index is 895. The van der Waals surface area contributed by atoms with Gasteiger partial charge in [-0.15, -0.1) is 0 Å². The normalized spacial score (nSPS) is 16.0. The fourth-order valence-corrected chi connectivity index (χ4v) is 3.73. The van der Waals surface area contributed by atoms with Crippen molar-refractivity contribution in [3.8, 4) is 0 Å². The van der Waals surface area contributed by atoms with Gasteiger partial charge in [-0.1, -0.05) is 65.9 Å². The summed E-state index contributed by atoms with van der Waals surface area (Å²) in [6, 6.07) is 13.1. The molecular formula is C17H9ClNO3S2-. The van der Waals surface area contributed by atoms with E-state index in [2.05, 4.69) is 0 Å². The van der Waals surface area contributed by atoms with Crippen LogP contribution in [0.2, 0.25) is 5.02 Å². The molecule has 7 heteroatoms. The van der Waals surface area contributed by atoms with E-state index in [1.807, 2.05) is 0 Å². The second kappa shape index (κ2) is 6.76. The summed E-state index contributed by atoms with van der Waals surface area (Å²) < 4.78 is 0.361. The molecule has 2 aromatic rings. The molecule has 1 amide bonds. The van der Waals surface area contributed by atoms with Crippen LogP contribution in [0.5, 0.6) is 0 Å². The van der Waals surface area contributed by atoms with Crippen LogP contribution in [0, 0.1) is 0 Å². The van der Waals surface area contributed by atoms with Crippen molar-refractivity contribution >= 4 is 63.5 Å². The molecule has 0 bridgehead atoms. The summed E-state index contributed by atoms with van der Waals surface area (Å²) in [5, 5.41) is 11.7. The van der Waals surface area contributed by atoms with Gasteiger partial charge >= 0.3 is 0 Å². The Kier molecular flexibility index (Phi) is 4.71. The van der Waals surface area contributed by atoms with Gasteiger partial charge in [0, 0.05) is 10.6 Å². The minimum Gasteiger partial charge on any atom is -0.545 e. The quantitative estimate of drug-likeness (QED) is 0.610. The number of hydrogen-bond donors (Lipinski definition) is 0. The number of nitrogens with zero attached hydrogens (tertiary/aromatic N) is 1. The number of amides is 1. The predicted molar refractivity (Wildman–Crippen MR) is 97.9 cm³/mol. The van der Waals surface area contributed by atoms with Gasteiger partial charge in [-0.25, -0.2) is 0 Å². The van der Waals surface area contributed by atoms with Gasteiger partial charge in [-0.05, 0) is 29.8 Å². The Labute approximate surface area is 152 Å². The molecule has 1 heterocycles. The lowest BCUT2D eigenvalue weighted by Gasteiger charge is -2.14. The molecule has 0 unspecified atom stereocenters. The number of anilines is 1. The van der Waals surface area contributed by atoms with Gasteiger partial charge in [0.05, 0.1) is 16.6 Å². The van der Waals surface area contributed by atoms with Crippen LogP contribution in [0.25, 0.3) is 6.08 Å². The molecule has 0 radical (unpaired) electrons. The average Bonchev–Trinajstić information content (AvgIpc) is 2.81. The van der Waals surface area contributed by atoms with E-state index in [-0.39, 0.29) is 11.5 Å². The summed E-state index contributed by atoms with van der Waals surface area (Å²) >= 11 is 12.4. The Balaban J connectivity index is 1.99. The summed E-state index contributed by atoms with van der Waals surface area (Å²) in [7, 11) is 0. The molecule has 3 rings (SSSR count). The number of thioether (sulfide) groups is 1. The first-order valence-electron chi connectivity index (χ1n) is 6.81. The third-order valence-corrected chi connectivity index (χ3v) is 4.86. The van der Waals surface area contributed by atoms with E-state index in [0.29, 0.717) is 25.5 Å². The molecule has 24 heavy (non-hydrogen) atoms. The highest BCUT2D eigenvalue weighted by Gasteiger charge is 2.33. The van der Waals surface area contributed by atoms with E-state index in [0.717, 1.165) is 11.8 Å². The number of thiocarbonyl (C=S) groups is 1. The number of carbonyl (C=O) groups is 2. The maximum absolute atomic E-state index is 12.7. The molecule has 1 saturated heterocycles. The van der Waals surface area contributed by atoms with Crippen molar-refractivity contribution in [1.29, 1.82) is 0 Å². The number of aromatic carboxylic acids is 1. The molecule has 120 valence electrons. The van der Waals surface area contributed by atoms with Gasteiger partial charge in [-0.3, -0.25) is 9.69 Å². The summed E-state index contributed by atoms with van der Waals surface area (Å²) in [5.74, 6) is -1.62. The van der Waals surface area contributed by atoms with Crippen LogP contribution in [0.4, 0.5) is 5.69 Å². The maximum Gasteiger partial charge on any atom is 0.270 e. The highest BCUT2D eigenvalue weighted by Crippen LogP contribution is 2.36. The minimum atomic E-state index is -1.30. The summed E-state index contributed by atoms with van der Waals surface area (Å²) in [6.45, 7) is 0. The molecule has 1 fully saturated rings. The van der Waals surface area contributed by atoms with Crippen molar-refractivity contribution in [2.24, 2.45) is 0 Å². The lowest BCUT2D eigenvalue weighted by atomic mass is 10.1. The van der Waals surface area contributed by atoms with E-state index in [4.69, 9.17) is 23.8 Å². The molecule has 0 spiro atoms. The van der Waals surface area contributed by atoms with E-state index < -0.39 is 5.97 Å². The van der Waals surface area contributed by atoms with Gasteiger partial charge in [0.2, 0.25) is 0 Å². The maximum atomic E-state index is 12.7. The third-order valence-electron chi connectivity index (χ3n) is 3.33. The van der Waals surface area contributed by atoms with E-state index >= 15 is 0 Å². The number of carbonyl (C=O) groups excluding carboxylic acids is 2. The monoisotopic (exact) mass is 374 g/mol. The Hall–Kier alpha value is -2.15. The number of benzene rings is 2. The third kappa shape index (κ3) is 3.21. The first-order valence-corrected chi connectivity index (χ1v) is 8.41. The number of hydrogen-bond acceptors (Lipinski definition) is 5. The van der Waals surface area contributed by atoms with Crippen LogP contribution in [0.1, 0.15) is 15.9 Å². The average molecular weight is 375 g/mol. The number of carboxylic acid groups (broad SMARTS) is 1. The van der Waals surface area contributed by atoms with Crippen molar-refractivity contribution in [2.45, 2.75) is 0 Å². The molecule has 0 aliphatic carbocycles. The fourth-order valence-electron chi connectivity index (χ4n) is 2.26. The van der Waals surface area contributed by atoms with Crippen LogP contribution >= 0.6 is 35.6 Å². The van der Waals surface area contributed by atoms with Gasteiger partial charge in [0.1, 0.15) is 0 Å². The van der Waals surface area contributed by atoms with E-state index in [1.165, 1.54) is 17.0 Å². The Morgan fingerprint density at radius 2 is 1.96 bits per heavy atom. The second-order valence-electron chi connectivity index (χ2n) is 4.87. The van der Waals surface area contributed by atoms with Crippen LogP contribution < -0.4 is 10.0 Å². The molecule has 0 atom stereocenters. The number of halogens is 1. The summed E-state index contributed by atoms with van der Waals surface area (Å²) in [5.41, 5.74) is 0.983. The summed E-state index contributed by atoms with van der Waals surface area (Å²) in [4.78, 5) is 25.6. The van der Waals surface area contributed by atoms with Crippen molar-refractivity contribution < 1.29 is 14.7 Å². The zero-order chi connectivity index (χ0) is 17.3. The molecule has 4 nitrogen and oxygen atoms in total. The molecule has 0 aromatic heterocycles.